The van der Waals surface area contributed by atoms with E-state index < -0.39 is 6.09 Å². The van der Waals surface area contributed by atoms with Gasteiger partial charge in [0.25, 0.3) is 0 Å². The van der Waals surface area contributed by atoms with Crippen molar-refractivity contribution < 1.29 is 9.90 Å². The molecule has 0 spiro atoms. The number of amides is 1. The first-order chi connectivity index (χ1) is 16.0. The molecule has 0 aliphatic carbocycles. The quantitative estimate of drug-likeness (QED) is 0.503. The van der Waals surface area contributed by atoms with Crippen molar-refractivity contribution in [1.82, 2.24) is 34.4 Å². The van der Waals surface area contributed by atoms with Gasteiger partial charge >= 0.3 is 6.09 Å². The number of rotatable bonds is 5. The Labute approximate surface area is 191 Å². The zero-order valence-corrected chi connectivity index (χ0v) is 18.4. The lowest BCUT2D eigenvalue weighted by Crippen LogP contribution is -2.38. The highest BCUT2D eigenvalue weighted by Crippen LogP contribution is 2.26. The van der Waals surface area contributed by atoms with E-state index >= 15 is 0 Å². The molecule has 1 aromatic carbocycles. The molecule has 1 aliphatic rings. The Hall–Kier alpha value is -4.01. The van der Waals surface area contributed by atoms with Gasteiger partial charge in [0.05, 0.1) is 12.4 Å². The third kappa shape index (κ3) is 4.62. The summed E-state index contributed by atoms with van der Waals surface area (Å²) in [5.41, 5.74) is 4.95. The predicted octanol–water partition coefficient (Wildman–Crippen LogP) is 3.80. The fourth-order valence-corrected chi connectivity index (χ4v) is 4.22. The minimum atomic E-state index is -0.831. The van der Waals surface area contributed by atoms with Crippen molar-refractivity contribution in [1.29, 1.82) is 0 Å². The summed E-state index contributed by atoms with van der Waals surface area (Å²) in [7, 11) is 1.90. The molecule has 5 rings (SSSR count). The lowest BCUT2D eigenvalue weighted by Gasteiger charge is -2.29. The Morgan fingerprint density at radius 3 is 2.33 bits per heavy atom. The minimum Gasteiger partial charge on any atom is -0.465 e. The molecule has 3 aromatic heterocycles. The third-order valence-electron chi connectivity index (χ3n) is 6.11. The van der Waals surface area contributed by atoms with Gasteiger partial charge in [-0.1, -0.05) is 18.2 Å². The summed E-state index contributed by atoms with van der Waals surface area (Å²) in [5.74, 6) is 1.10. The number of nitrogens with zero attached hydrogens (tertiary/aromatic N) is 7. The Kier molecular flexibility index (Phi) is 5.60. The maximum Gasteiger partial charge on any atom is 0.407 e. The number of likely N-dealkylation sites (tertiary alicyclic amines) is 1. The normalized spacial score (nSPS) is 14.5. The topological polar surface area (TPSA) is 102 Å². The molecule has 0 radical (unpaired) electrons. The van der Waals surface area contributed by atoms with E-state index in [0.717, 1.165) is 47.2 Å². The van der Waals surface area contributed by atoms with E-state index in [4.69, 9.17) is 5.11 Å². The number of aromatic nitrogens is 6. The highest BCUT2D eigenvalue weighted by molar-refractivity contribution is 5.70. The molecular weight excluding hydrogens is 418 g/mol. The molecule has 1 aliphatic heterocycles. The number of hydrogen-bond donors (Lipinski definition) is 1. The third-order valence-corrected chi connectivity index (χ3v) is 6.11. The molecule has 168 valence electrons. The molecule has 9 nitrogen and oxygen atoms in total. The van der Waals surface area contributed by atoms with Gasteiger partial charge in [0, 0.05) is 73.7 Å². The summed E-state index contributed by atoms with van der Waals surface area (Å²) >= 11 is 0. The molecule has 33 heavy (non-hydrogen) atoms. The van der Waals surface area contributed by atoms with E-state index in [9.17, 15) is 4.79 Å². The van der Waals surface area contributed by atoms with Gasteiger partial charge in [-0.15, -0.1) is 0 Å². The lowest BCUT2D eigenvalue weighted by atomic mass is 9.97. The highest BCUT2D eigenvalue weighted by Gasteiger charge is 2.22. The van der Waals surface area contributed by atoms with Crippen molar-refractivity contribution in [2.24, 2.45) is 13.0 Å². The Balaban J connectivity index is 1.26. The number of aryl methyl sites for hydroxylation is 1. The van der Waals surface area contributed by atoms with Crippen LogP contribution in [0.5, 0.6) is 0 Å². The second kappa shape index (κ2) is 8.85. The van der Waals surface area contributed by atoms with Crippen molar-refractivity contribution in [3.8, 4) is 33.6 Å². The molecule has 1 fully saturated rings. The van der Waals surface area contributed by atoms with Crippen LogP contribution in [-0.4, -0.2) is 58.7 Å². The van der Waals surface area contributed by atoms with Crippen molar-refractivity contribution in [3.05, 3.63) is 61.4 Å². The number of benzene rings is 1. The number of piperidine rings is 1. The first-order valence-corrected chi connectivity index (χ1v) is 11.0. The summed E-state index contributed by atoms with van der Waals surface area (Å²) in [6.45, 7) is 1.96. The summed E-state index contributed by atoms with van der Waals surface area (Å²) < 4.78 is 3.72. The van der Waals surface area contributed by atoms with E-state index in [2.05, 4.69) is 32.3 Å². The molecule has 9 heteroatoms. The van der Waals surface area contributed by atoms with Gasteiger partial charge in [-0.05, 0) is 30.4 Å². The van der Waals surface area contributed by atoms with Gasteiger partial charge in [-0.25, -0.2) is 14.8 Å². The number of hydrogen-bond acceptors (Lipinski definition) is 5. The summed E-state index contributed by atoms with van der Waals surface area (Å²) in [5, 5.41) is 17.8. The van der Waals surface area contributed by atoms with Crippen molar-refractivity contribution >= 4 is 6.09 Å². The maximum atomic E-state index is 11.1. The van der Waals surface area contributed by atoms with Gasteiger partial charge in [0.2, 0.25) is 0 Å². The molecule has 4 aromatic rings. The van der Waals surface area contributed by atoms with E-state index in [1.165, 1.54) is 4.90 Å². The van der Waals surface area contributed by atoms with E-state index in [1.54, 1.807) is 4.68 Å². The maximum absolute atomic E-state index is 11.1. The number of carbonyl (C=O) groups is 1. The van der Waals surface area contributed by atoms with Crippen LogP contribution in [0.4, 0.5) is 4.79 Å². The molecule has 4 heterocycles. The van der Waals surface area contributed by atoms with Crippen LogP contribution in [0.3, 0.4) is 0 Å². The van der Waals surface area contributed by atoms with Gasteiger partial charge in [0.15, 0.2) is 5.82 Å². The van der Waals surface area contributed by atoms with Crippen LogP contribution in [0.1, 0.15) is 12.8 Å². The van der Waals surface area contributed by atoms with Gasteiger partial charge in [-0.3, -0.25) is 9.36 Å². The van der Waals surface area contributed by atoms with Crippen LogP contribution >= 0.6 is 0 Å². The minimum absolute atomic E-state index is 0.430. The second-order valence-electron chi connectivity index (χ2n) is 8.44. The number of carboxylic acid groups (broad SMARTS) is 1. The van der Waals surface area contributed by atoms with E-state index in [1.807, 2.05) is 61.0 Å². The molecule has 0 saturated carbocycles. The molecule has 1 N–H and O–H groups in total. The zero-order valence-electron chi connectivity index (χ0n) is 18.4. The van der Waals surface area contributed by atoms with Crippen molar-refractivity contribution in [3.63, 3.8) is 0 Å². The molecular formula is C24H25N7O2. The molecule has 0 bridgehead atoms. The monoisotopic (exact) mass is 443 g/mol. The van der Waals surface area contributed by atoms with Crippen LogP contribution in [-0.2, 0) is 13.6 Å². The summed E-state index contributed by atoms with van der Waals surface area (Å²) in [6, 6.07) is 8.12. The van der Waals surface area contributed by atoms with Gasteiger partial charge in [-0.2, -0.15) is 10.2 Å². The highest BCUT2D eigenvalue weighted by atomic mass is 16.4. The van der Waals surface area contributed by atoms with Crippen LogP contribution in [0, 0.1) is 5.92 Å². The van der Waals surface area contributed by atoms with Crippen molar-refractivity contribution in [2.45, 2.75) is 19.4 Å². The van der Waals surface area contributed by atoms with Crippen molar-refractivity contribution in [2.75, 3.05) is 13.1 Å². The molecule has 1 saturated heterocycles. The van der Waals surface area contributed by atoms with Gasteiger partial charge < -0.3 is 10.0 Å². The SMILES string of the molecule is Cn1cc(-c2cccc(-c3ncc(-c4cnn(CC5CCN(C(=O)O)CC5)c4)cn3)c2)cn1. The average Bonchev–Trinajstić information content (AvgIpc) is 3.49. The summed E-state index contributed by atoms with van der Waals surface area (Å²) in [6.07, 6.45) is 12.2. The largest absolute Gasteiger partial charge is 0.465 e. The van der Waals surface area contributed by atoms with Crippen LogP contribution in [0.2, 0.25) is 0 Å². The fraction of sp³-hybridized carbons (Fsp3) is 0.292. The van der Waals surface area contributed by atoms with Crippen LogP contribution in [0.25, 0.3) is 33.6 Å². The Morgan fingerprint density at radius 2 is 1.64 bits per heavy atom. The average molecular weight is 444 g/mol. The Bertz CT molecular complexity index is 1250. The second-order valence-corrected chi connectivity index (χ2v) is 8.44. The van der Waals surface area contributed by atoms with Crippen LogP contribution < -0.4 is 0 Å². The van der Waals surface area contributed by atoms with E-state index in [0.29, 0.717) is 24.8 Å². The smallest absolute Gasteiger partial charge is 0.407 e. The van der Waals surface area contributed by atoms with Gasteiger partial charge in [0.1, 0.15) is 0 Å². The predicted molar refractivity (Wildman–Crippen MR) is 123 cm³/mol. The fourth-order valence-electron chi connectivity index (χ4n) is 4.22. The summed E-state index contributed by atoms with van der Waals surface area (Å²) in [4.78, 5) is 21.7. The van der Waals surface area contributed by atoms with Crippen LogP contribution in [0.15, 0.2) is 61.4 Å². The zero-order chi connectivity index (χ0) is 22.8. The van der Waals surface area contributed by atoms with E-state index in [-0.39, 0.29) is 0 Å². The molecule has 1 amide bonds. The standard InChI is InChI=1S/C24H25N7O2/c1-29-15-21(12-27-29)18-3-2-4-19(9-18)23-25-10-20(11-26-23)22-13-28-31(16-22)14-17-5-7-30(8-6-17)24(32)33/h2-4,9-13,15-17H,5-8,14H2,1H3,(H,32,33). The molecule has 0 unspecified atom stereocenters. The Morgan fingerprint density at radius 1 is 0.939 bits per heavy atom. The lowest BCUT2D eigenvalue weighted by molar-refractivity contribution is 0.121. The molecule has 0 atom stereocenters. The first kappa shape index (κ1) is 20.9. The first-order valence-electron chi connectivity index (χ1n) is 11.0.